The van der Waals surface area contributed by atoms with Gasteiger partial charge in [-0.2, -0.15) is 0 Å². The van der Waals surface area contributed by atoms with Crippen molar-refractivity contribution in [1.82, 2.24) is 5.32 Å². The summed E-state index contributed by atoms with van der Waals surface area (Å²) in [6, 6.07) is 13.9. The van der Waals surface area contributed by atoms with Gasteiger partial charge in [0.2, 0.25) is 5.91 Å². The predicted octanol–water partition coefficient (Wildman–Crippen LogP) is 3.43. The largest absolute Gasteiger partial charge is 0.496 e. The Morgan fingerprint density at radius 3 is 2.65 bits per heavy atom. The molecule has 0 heterocycles. The second-order valence-electron chi connectivity index (χ2n) is 5.61. The van der Waals surface area contributed by atoms with Gasteiger partial charge in [0.05, 0.1) is 7.11 Å². The Morgan fingerprint density at radius 2 is 1.91 bits per heavy atom. The molecule has 0 saturated carbocycles. The zero-order chi connectivity index (χ0) is 16.7. The Labute approximate surface area is 137 Å². The summed E-state index contributed by atoms with van der Waals surface area (Å²) in [4.78, 5) is 12.0. The summed E-state index contributed by atoms with van der Waals surface area (Å²) in [5.41, 5.74) is 4.24. The number of methoxy groups -OCH3 is 1. The van der Waals surface area contributed by atoms with Gasteiger partial charge in [-0.05, 0) is 31.5 Å². The molecule has 1 amide bonds. The van der Waals surface area contributed by atoms with E-state index in [0.717, 1.165) is 22.6 Å². The van der Waals surface area contributed by atoms with E-state index in [9.17, 15) is 4.79 Å². The fourth-order valence-corrected chi connectivity index (χ4v) is 2.44. The van der Waals surface area contributed by atoms with Crippen molar-refractivity contribution in [2.24, 2.45) is 0 Å². The molecule has 0 spiro atoms. The van der Waals surface area contributed by atoms with E-state index < -0.39 is 0 Å². The fraction of sp³-hybridized carbons (Fsp3) is 0.316. The van der Waals surface area contributed by atoms with Crippen LogP contribution in [0.3, 0.4) is 0 Å². The lowest BCUT2D eigenvalue weighted by Gasteiger charge is -2.11. The normalized spacial score (nSPS) is 10.4. The maximum atomic E-state index is 12.0. The second kappa shape index (κ2) is 8.34. The summed E-state index contributed by atoms with van der Waals surface area (Å²) in [5.74, 6) is 0.879. The molecule has 122 valence electrons. The molecule has 4 heteroatoms. The minimum atomic E-state index is 0.0180. The van der Waals surface area contributed by atoms with E-state index in [1.54, 1.807) is 7.11 Å². The van der Waals surface area contributed by atoms with Gasteiger partial charge in [-0.1, -0.05) is 35.9 Å². The van der Waals surface area contributed by atoms with E-state index in [-0.39, 0.29) is 5.91 Å². The van der Waals surface area contributed by atoms with Crippen LogP contribution in [0.15, 0.2) is 42.5 Å². The Morgan fingerprint density at radius 1 is 1.13 bits per heavy atom. The number of hydrogen-bond donors (Lipinski definition) is 2. The lowest BCUT2D eigenvalue weighted by atomic mass is 10.1. The van der Waals surface area contributed by atoms with Crippen LogP contribution in [0.4, 0.5) is 5.69 Å². The smallest absolute Gasteiger partial charge is 0.225 e. The molecule has 0 radical (unpaired) electrons. The number of carbonyl (C=O) groups excluding carboxylic acids is 1. The van der Waals surface area contributed by atoms with Crippen molar-refractivity contribution in [3.8, 4) is 5.75 Å². The van der Waals surface area contributed by atoms with Crippen LogP contribution in [-0.4, -0.2) is 19.6 Å². The average molecular weight is 312 g/mol. The van der Waals surface area contributed by atoms with Gasteiger partial charge in [0, 0.05) is 30.8 Å². The quantitative estimate of drug-likeness (QED) is 0.770. The molecule has 2 rings (SSSR count). The molecule has 0 aliphatic rings. The number of para-hydroxylation sites is 1. The van der Waals surface area contributed by atoms with Crippen molar-refractivity contribution in [2.45, 2.75) is 26.8 Å². The predicted molar refractivity (Wildman–Crippen MR) is 93.9 cm³/mol. The van der Waals surface area contributed by atoms with Crippen molar-refractivity contribution >= 4 is 11.6 Å². The second-order valence-corrected chi connectivity index (χ2v) is 5.61. The summed E-state index contributed by atoms with van der Waals surface area (Å²) in [6.07, 6.45) is 0.433. The molecule has 0 aliphatic carbocycles. The van der Waals surface area contributed by atoms with Crippen LogP contribution in [0.5, 0.6) is 5.75 Å². The lowest BCUT2D eigenvalue weighted by molar-refractivity contribution is -0.116. The number of rotatable bonds is 7. The lowest BCUT2D eigenvalue weighted by Crippen LogP contribution is -2.22. The molecule has 2 aromatic carbocycles. The highest BCUT2D eigenvalue weighted by molar-refractivity contribution is 5.91. The molecule has 0 aliphatic heterocycles. The SMILES string of the molecule is COc1ccccc1CNCCC(=O)Nc1ccc(C)cc1C. The molecule has 0 fully saturated rings. The Balaban J connectivity index is 1.76. The molecular formula is C19H24N2O2. The summed E-state index contributed by atoms with van der Waals surface area (Å²) >= 11 is 0. The number of nitrogens with one attached hydrogen (secondary N) is 2. The Bertz CT molecular complexity index is 668. The number of hydrogen-bond acceptors (Lipinski definition) is 3. The summed E-state index contributed by atoms with van der Waals surface area (Å²) in [5, 5.41) is 6.23. The van der Waals surface area contributed by atoms with Gasteiger partial charge in [0.1, 0.15) is 5.75 Å². The highest BCUT2D eigenvalue weighted by Crippen LogP contribution is 2.17. The standard InChI is InChI=1S/C19H24N2O2/c1-14-8-9-17(15(2)12-14)21-19(22)10-11-20-13-16-6-4-5-7-18(16)23-3/h4-9,12,20H,10-11,13H2,1-3H3,(H,21,22). The van der Waals surface area contributed by atoms with Crippen LogP contribution in [0.25, 0.3) is 0 Å². The van der Waals surface area contributed by atoms with Crippen molar-refractivity contribution in [3.05, 3.63) is 59.2 Å². The maximum absolute atomic E-state index is 12.0. The van der Waals surface area contributed by atoms with E-state index in [0.29, 0.717) is 19.5 Å². The number of anilines is 1. The van der Waals surface area contributed by atoms with Crippen LogP contribution >= 0.6 is 0 Å². The minimum absolute atomic E-state index is 0.0180. The first-order chi connectivity index (χ1) is 11.1. The zero-order valence-corrected chi connectivity index (χ0v) is 14.0. The monoisotopic (exact) mass is 312 g/mol. The van der Waals surface area contributed by atoms with Crippen LogP contribution in [0, 0.1) is 13.8 Å². The van der Waals surface area contributed by atoms with Crippen LogP contribution in [0.2, 0.25) is 0 Å². The Hall–Kier alpha value is -2.33. The highest BCUT2D eigenvalue weighted by atomic mass is 16.5. The van der Waals surface area contributed by atoms with Crippen LogP contribution < -0.4 is 15.4 Å². The third kappa shape index (κ3) is 5.11. The average Bonchev–Trinajstić information content (AvgIpc) is 2.54. The maximum Gasteiger partial charge on any atom is 0.225 e. The first kappa shape index (κ1) is 17.0. The van der Waals surface area contributed by atoms with Gasteiger partial charge in [-0.25, -0.2) is 0 Å². The van der Waals surface area contributed by atoms with E-state index in [1.807, 2.05) is 50.2 Å². The molecule has 0 unspecified atom stereocenters. The first-order valence-corrected chi connectivity index (χ1v) is 7.80. The topological polar surface area (TPSA) is 50.4 Å². The molecular weight excluding hydrogens is 288 g/mol. The third-order valence-electron chi connectivity index (χ3n) is 3.69. The molecule has 0 saturated heterocycles. The van der Waals surface area contributed by atoms with E-state index >= 15 is 0 Å². The van der Waals surface area contributed by atoms with Crippen molar-refractivity contribution in [2.75, 3.05) is 19.0 Å². The van der Waals surface area contributed by atoms with Gasteiger partial charge >= 0.3 is 0 Å². The molecule has 23 heavy (non-hydrogen) atoms. The number of carbonyl (C=O) groups is 1. The summed E-state index contributed by atoms with van der Waals surface area (Å²) in [6.45, 7) is 5.35. The number of aryl methyl sites for hydroxylation is 2. The molecule has 0 aromatic heterocycles. The molecule has 2 aromatic rings. The van der Waals surface area contributed by atoms with Gasteiger partial charge < -0.3 is 15.4 Å². The van der Waals surface area contributed by atoms with Gasteiger partial charge in [-0.3, -0.25) is 4.79 Å². The molecule has 0 atom stereocenters. The van der Waals surface area contributed by atoms with E-state index in [1.165, 1.54) is 5.56 Å². The fourth-order valence-electron chi connectivity index (χ4n) is 2.44. The van der Waals surface area contributed by atoms with Crippen molar-refractivity contribution in [1.29, 1.82) is 0 Å². The summed E-state index contributed by atoms with van der Waals surface area (Å²) < 4.78 is 5.31. The number of amides is 1. The minimum Gasteiger partial charge on any atom is -0.496 e. The Kier molecular flexibility index (Phi) is 6.18. The zero-order valence-electron chi connectivity index (χ0n) is 14.0. The number of benzene rings is 2. The van der Waals surface area contributed by atoms with Gasteiger partial charge in [0.15, 0.2) is 0 Å². The van der Waals surface area contributed by atoms with Gasteiger partial charge in [-0.15, -0.1) is 0 Å². The van der Waals surface area contributed by atoms with Crippen molar-refractivity contribution in [3.63, 3.8) is 0 Å². The first-order valence-electron chi connectivity index (χ1n) is 7.80. The van der Waals surface area contributed by atoms with E-state index in [2.05, 4.69) is 16.7 Å². The molecule has 4 nitrogen and oxygen atoms in total. The molecule has 0 bridgehead atoms. The van der Waals surface area contributed by atoms with Gasteiger partial charge in [0.25, 0.3) is 0 Å². The third-order valence-corrected chi connectivity index (χ3v) is 3.69. The summed E-state index contributed by atoms with van der Waals surface area (Å²) in [7, 11) is 1.66. The van der Waals surface area contributed by atoms with Crippen molar-refractivity contribution < 1.29 is 9.53 Å². The van der Waals surface area contributed by atoms with Crippen LogP contribution in [0.1, 0.15) is 23.1 Å². The number of ether oxygens (including phenoxy) is 1. The highest BCUT2D eigenvalue weighted by Gasteiger charge is 2.05. The molecule has 2 N–H and O–H groups in total. The van der Waals surface area contributed by atoms with E-state index in [4.69, 9.17) is 4.74 Å². The van der Waals surface area contributed by atoms with Crippen LogP contribution in [-0.2, 0) is 11.3 Å².